The number of likely N-dealkylation sites (tertiary alicyclic amines) is 1. The lowest BCUT2D eigenvalue weighted by Crippen LogP contribution is -2.51. The van der Waals surface area contributed by atoms with Gasteiger partial charge < -0.3 is 26.2 Å². The minimum atomic E-state index is -1.31. The Hall–Kier alpha value is -2.16. The van der Waals surface area contributed by atoms with Crippen LogP contribution in [0.1, 0.15) is 25.7 Å². The van der Waals surface area contributed by atoms with E-state index in [1.165, 1.54) is 4.90 Å². The van der Waals surface area contributed by atoms with E-state index in [9.17, 15) is 19.2 Å². The Morgan fingerprint density at radius 3 is 2.48 bits per heavy atom. The number of rotatable bonds is 7. The molecule has 0 saturated carbocycles. The van der Waals surface area contributed by atoms with Gasteiger partial charge in [0, 0.05) is 13.0 Å². The molecule has 0 aromatic heterocycles. The maximum atomic E-state index is 12.1. The molecule has 2 atom stereocenters. The van der Waals surface area contributed by atoms with Gasteiger partial charge in [0.15, 0.2) is 0 Å². The van der Waals surface area contributed by atoms with Crippen LogP contribution in [0.25, 0.3) is 0 Å². The predicted octanol–water partition coefficient (Wildman–Crippen LogP) is -1.63. The molecule has 0 radical (unpaired) electrons. The van der Waals surface area contributed by atoms with Crippen molar-refractivity contribution in [3.63, 3.8) is 0 Å². The molecule has 21 heavy (non-hydrogen) atoms. The molecule has 9 nitrogen and oxygen atoms in total. The second-order valence-electron chi connectivity index (χ2n) is 4.78. The van der Waals surface area contributed by atoms with Gasteiger partial charge in [-0.25, -0.2) is 4.79 Å². The number of nitrogens with zero attached hydrogens (tertiary/aromatic N) is 1. The Balaban J connectivity index is 2.66. The molecule has 118 valence electrons. The molecular formula is C12H19N3O6. The first-order valence-corrected chi connectivity index (χ1v) is 6.61. The summed E-state index contributed by atoms with van der Waals surface area (Å²) in [5.74, 6) is -3.41. The highest BCUT2D eigenvalue weighted by molar-refractivity contribution is 5.91. The minimum Gasteiger partial charge on any atom is -0.481 e. The summed E-state index contributed by atoms with van der Waals surface area (Å²) in [4.78, 5) is 46.5. The Labute approximate surface area is 121 Å². The van der Waals surface area contributed by atoms with Crippen molar-refractivity contribution in [2.24, 2.45) is 5.73 Å². The predicted molar refractivity (Wildman–Crippen MR) is 70.2 cm³/mol. The number of carboxylic acids is 2. The van der Waals surface area contributed by atoms with Crippen LogP contribution in [0.3, 0.4) is 0 Å². The monoisotopic (exact) mass is 307 g/mol. The first-order valence-electron chi connectivity index (χ1n) is 6.61. The summed E-state index contributed by atoms with van der Waals surface area (Å²) >= 11 is 0. The van der Waals surface area contributed by atoms with E-state index >= 15 is 0 Å². The highest BCUT2D eigenvalue weighted by Gasteiger charge is 2.35. The van der Waals surface area contributed by atoms with Crippen LogP contribution < -0.4 is 11.1 Å². The van der Waals surface area contributed by atoms with E-state index in [4.69, 9.17) is 15.9 Å². The summed E-state index contributed by atoms with van der Waals surface area (Å²) in [6, 6.07) is -2.03. The summed E-state index contributed by atoms with van der Waals surface area (Å²) in [7, 11) is 0. The lowest BCUT2D eigenvalue weighted by Gasteiger charge is -2.25. The van der Waals surface area contributed by atoms with Crippen molar-refractivity contribution in [2.45, 2.75) is 37.8 Å². The van der Waals surface area contributed by atoms with Crippen LogP contribution in [0.4, 0.5) is 0 Å². The SMILES string of the molecule is NCC(=O)N1CCC[C@H]1C(=O)[15NH][13C@@H]([13CH2][13CH2][13C](=O)O)[13C](=O)O. The van der Waals surface area contributed by atoms with Gasteiger partial charge in [0.25, 0.3) is 0 Å². The van der Waals surface area contributed by atoms with Crippen LogP contribution in [0, 0.1) is 0 Å². The third-order valence-corrected chi connectivity index (χ3v) is 3.31. The van der Waals surface area contributed by atoms with Crippen molar-refractivity contribution >= 4 is 23.8 Å². The van der Waals surface area contributed by atoms with E-state index in [2.05, 4.69) is 5.32 Å². The summed E-state index contributed by atoms with van der Waals surface area (Å²) in [5, 5.41) is 19.8. The Kier molecular flexibility index (Phi) is 6.10. The molecule has 0 spiro atoms. The number of hydrogen-bond acceptors (Lipinski definition) is 5. The number of aliphatic carboxylic acids is 2. The van der Waals surface area contributed by atoms with E-state index < -0.39 is 29.9 Å². The molecule has 0 aliphatic carbocycles. The van der Waals surface area contributed by atoms with E-state index in [0.717, 1.165) is 0 Å². The van der Waals surface area contributed by atoms with Crippen molar-refractivity contribution in [1.29, 1.82) is 0 Å². The number of carbonyl (C=O) groups is 4. The molecular weight excluding hydrogens is 288 g/mol. The van der Waals surface area contributed by atoms with Crippen LogP contribution in [0.5, 0.6) is 0 Å². The smallest absolute Gasteiger partial charge is 0.326 e. The average Bonchev–Trinajstić information content (AvgIpc) is 2.91. The van der Waals surface area contributed by atoms with E-state index in [1.54, 1.807) is 0 Å². The van der Waals surface area contributed by atoms with Crippen LogP contribution in [-0.4, -0.2) is 64.0 Å². The molecule has 0 aromatic rings. The third-order valence-electron chi connectivity index (χ3n) is 3.31. The van der Waals surface area contributed by atoms with Gasteiger partial charge in [0.1, 0.15) is 12.1 Å². The molecule has 1 heterocycles. The zero-order valence-corrected chi connectivity index (χ0v) is 11.4. The Bertz CT molecular complexity index is 439. The van der Waals surface area contributed by atoms with Crippen molar-refractivity contribution in [3.05, 3.63) is 0 Å². The number of carbonyl (C=O) groups excluding carboxylic acids is 2. The van der Waals surface area contributed by atoms with Crippen molar-refractivity contribution in [1.82, 2.24) is 10.2 Å². The van der Waals surface area contributed by atoms with Gasteiger partial charge in [-0.05, 0) is 19.3 Å². The molecule has 2 amide bonds. The summed E-state index contributed by atoms with van der Waals surface area (Å²) in [5.41, 5.74) is 5.26. The largest absolute Gasteiger partial charge is 0.481 e. The quantitative estimate of drug-likeness (QED) is 0.326. The molecule has 1 rings (SSSR count). The van der Waals surface area contributed by atoms with Gasteiger partial charge in [-0.2, -0.15) is 0 Å². The number of amides is 2. The second-order valence-corrected chi connectivity index (χ2v) is 4.78. The Morgan fingerprint density at radius 2 is 1.95 bits per heavy atom. The fraction of sp³-hybridized carbons (Fsp3) is 0.667. The van der Waals surface area contributed by atoms with Crippen LogP contribution in [-0.2, 0) is 19.2 Å². The van der Waals surface area contributed by atoms with Crippen LogP contribution >= 0.6 is 0 Å². The van der Waals surface area contributed by atoms with Gasteiger partial charge in [0.2, 0.25) is 11.8 Å². The average molecular weight is 307 g/mol. The first kappa shape index (κ1) is 16.9. The number of carboxylic acid groups (broad SMARTS) is 2. The molecule has 0 aromatic carbocycles. The maximum Gasteiger partial charge on any atom is 0.326 e. The third kappa shape index (κ3) is 4.71. The van der Waals surface area contributed by atoms with Crippen molar-refractivity contribution in [3.8, 4) is 0 Å². The van der Waals surface area contributed by atoms with Gasteiger partial charge in [-0.1, -0.05) is 0 Å². The zero-order chi connectivity index (χ0) is 16.0. The fourth-order valence-corrected chi connectivity index (χ4v) is 2.25. The van der Waals surface area contributed by atoms with Crippen molar-refractivity contribution in [2.75, 3.05) is 13.1 Å². The summed E-state index contributed by atoms with van der Waals surface area (Å²) in [6.07, 6.45) is 0.487. The van der Waals surface area contributed by atoms with Crippen LogP contribution in [0.15, 0.2) is 0 Å². The molecule has 1 aliphatic rings. The molecule has 5 N–H and O–H groups in total. The number of nitrogens with one attached hydrogen (secondary N) is 1. The van der Waals surface area contributed by atoms with Gasteiger partial charge in [-0.15, -0.1) is 0 Å². The minimum absolute atomic E-state index is 0.214. The number of hydrogen-bond donors (Lipinski definition) is 4. The Morgan fingerprint density at radius 1 is 1.29 bits per heavy atom. The lowest BCUT2D eigenvalue weighted by atomic mass is 10.2. The molecule has 1 fully saturated rings. The summed E-state index contributed by atoms with van der Waals surface area (Å²) in [6.45, 7) is 0.187. The van der Waals surface area contributed by atoms with E-state index in [1.807, 2.05) is 0 Å². The molecule has 1 saturated heterocycles. The van der Waals surface area contributed by atoms with Gasteiger partial charge in [0.05, 0.1) is 6.54 Å². The zero-order valence-electron chi connectivity index (χ0n) is 11.4. The lowest BCUT2D eigenvalue weighted by molar-refractivity contribution is -0.144. The van der Waals surface area contributed by atoms with Gasteiger partial charge >= 0.3 is 11.9 Å². The second kappa shape index (κ2) is 7.58. The normalized spacial score (nSPS) is 19.1. The van der Waals surface area contributed by atoms with Gasteiger partial charge in [-0.3, -0.25) is 14.4 Å². The molecule has 1 aliphatic heterocycles. The highest BCUT2D eigenvalue weighted by atomic mass is 16.5. The topological polar surface area (TPSA) is 150 Å². The van der Waals surface area contributed by atoms with Crippen LogP contribution in [0.2, 0.25) is 0 Å². The van der Waals surface area contributed by atoms with E-state index in [-0.39, 0.29) is 25.3 Å². The summed E-state index contributed by atoms with van der Waals surface area (Å²) < 4.78 is 0. The number of nitrogens with two attached hydrogens (primary N) is 1. The molecule has 0 unspecified atom stereocenters. The first-order chi connectivity index (χ1) is 9.86. The highest BCUT2D eigenvalue weighted by Crippen LogP contribution is 2.17. The van der Waals surface area contributed by atoms with Crippen molar-refractivity contribution < 1.29 is 29.4 Å². The standard InChI is InChI=1S/C12H19N3O6/c13-6-9(16)15-5-1-2-8(15)11(19)14-7(12(20)21)3-4-10(17)18/h7-8H,1-6,13H2,(H,14,19)(H,17,18)(H,20,21)/t7-,8-/m0/s1/i3+1,4+1,7+1,10+1,12+1,14+1. The fourth-order valence-electron chi connectivity index (χ4n) is 2.25. The molecule has 9 heteroatoms. The molecule has 0 bridgehead atoms. The van der Waals surface area contributed by atoms with E-state index in [0.29, 0.717) is 19.4 Å². The maximum absolute atomic E-state index is 12.1.